The third-order valence-corrected chi connectivity index (χ3v) is 3.27. The number of hydrogen-bond acceptors (Lipinski definition) is 3. The first-order valence-corrected chi connectivity index (χ1v) is 7.91. The second kappa shape index (κ2) is 10.6. The summed E-state index contributed by atoms with van der Waals surface area (Å²) < 4.78 is 5.03. The first-order valence-electron chi connectivity index (χ1n) is 7.91. The molecule has 0 aliphatic heterocycles. The van der Waals surface area contributed by atoms with Gasteiger partial charge in [0.1, 0.15) is 0 Å². The van der Waals surface area contributed by atoms with Gasteiger partial charge in [-0.05, 0) is 24.5 Å². The molecule has 0 saturated heterocycles. The number of benzene rings is 1. The molecular formula is C18H25NO3. The zero-order valence-electron chi connectivity index (χ0n) is 13.4. The molecule has 0 atom stereocenters. The highest BCUT2D eigenvalue weighted by molar-refractivity contribution is 6.02. The summed E-state index contributed by atoms with van der Waals surface area (Å²) in [4.78, 5) is 23.3. The first kappa shape index (κ1) is 18.0. The number of unbranched alkanes of at least 4 members (excludes halogenated alkanes) is 3. The second-order valence-electron chi connectivity index (χ2n) is 5.06. The van der Waals surface area contributed by atoms with Crippen molar-refractivity contribution in [2.75, 3.05) is 11.9 Å². The zero-order chi connectivity index (χ0) is 16.2. The zero-order valence-corrected chi connectivity index (χ0v) is 13.4. The van der Waals surface area contributed by atoms with E-state index in [2.05, 4.69) is 12.2 Å². The van der Waals surface area contributed by atoms with Crippen molar-refractivity contribution in [1.29, 1.82) is 0 Å². The Morgan fingerprint density at radius 2 is 1.86 bits per heavy atom. The van der Waals surface area contributed by atoms with E-state index in [0.717, 1.165) is 43.4 Å². The van der Waals surface area contributed by atoms with E-state index in [1.807, 2.05) is 31.2 Å². The van der Waals surface area contributed by atoms with Crippen LogP contribution in [0.2, 0.25) is 0 Å². The van der Waals surface area contributed by atoms with Crippen LogP contribution in [0, 0.1) is 0 Å². The molecule has 1 aromatic rings. The summed E-state index contributed by atoms with van der Waals surface area (Å²) >= 11 is 0. The van der Waals surface area contributed by atoms with Crippen molar-refractivity contribution in [2.45, 2.75) is 46.0 Å². The van der Waals surface area contributed by atoms with Gasteiger partial charge in [-0.25, -0.2) is 4.79 Å². The fourth-order valence-corrected chi connectivity index (χ4v) is 2.02. The monoisotopic (exact) mass is 303 g/mol. The van der Waals surface area contributed by atoms with Gasteiger partial charge in [0.2, 0.25) is 5.91 Å². The Morgan fingerprint density at radius 3 is 2.59 bits per heavy atom. The number of nitrogens with one attached hydrogen (secondary N) is 1. The van der Waals surface area contributed by atoms with Gasteiger partial charge in [0.15, 0.2) is 0 Å². The number of anilines is 1. The number of ether oxygens (including phenoxy) is 1. The molecule has 0 spiro atoms. The standard InChI is InChI=1S/C18H25NO3/c1-3-5-6-9-14-22-18(21)13-12-17(20)19-16-11-8-7-10-15(16)4-2/h7-8,10-13H,3-6,9,14H2,1-2H3,(H,19,20)/b13-12+. The van der Waals surface area contributed by atoms with Crippen LogP contribution in [0.1, 0.15) is 45.1 Å². The number of carbonyl (C=O) groups is 2. The summed E-state index contributed by atoms with van der Waals surface area (Å²) in [5.41, 5.74) is 1.83. The van der Waals surface area contributed by atoms with Gasteiger partial charge >= 0.3 is 5.97 Å². The number of esters is 1. The van der Waals surface area contributed by atoms with Crippen LogP contribution < -0.4 is 5.32 Å². The average Bonchev–Trinajstić information content (AvgIpc) is 2.53. The fourth-order valence-electron chi connectivity index (χ4n) is 2.02. The highest BCUT2D eigenvalue weighted by atomic mass is 16.5. The maximum absolute atomic E-state index is 11.8. The van der Waals surface area contributed by atoms with Crippen LogP contribution in [-0.2, 0) is 20.7 Å². The summed E-state index contributed by atoms with van der Waals surface area (Å²) in [6.07, 6.45) is 7.43. The average molecular weight is 303 g/mol. The molecule has 0 aliphatic rings. The summed E-state index contributed by atoms with van der Waals surface area (Å²) in [7, 11) is 0. The van der Waals surface area contributed by atoms with Crippen LogP contribution >= 0.6 is 0 Å². The van der Waals surface area contributed by atoms with Crippen LogP contribution in [0.25, 0.3) is 0 Å². The molecule has 0 radical (unpaired) electrons. The number of aryl methyl sites for hydroxylation is 1. The number of hydrogen-bond donors (Lipinski definition) is 1. The fraction of sp³-hybridized carbons (Fsp3) is 0.444. The quantitative estimate of drug-likeness (QED) is 0.428. The predicted molar refractivity (Wildman–Crippen MR) is 88.7 cm³/mol. The molecule has 0 saturated carbocycles. The van der Waals surface area contributed by atoms with Crippen molar-refractivity contribution >= 4 is 17.6 Å². The summed E-state index contributed by atoms with van der Waals surface area (Å²) in [5, 5.41) is 2.77. The van der Waals surface area contributed by atoms with Crippen LogP contribution in [0.4, 0.5) is 5.69 Å². The van der Waals surface area contributed by atoms with Crippen molar-refractivity contribution in [3.05, 3.63) is 42.0 Å². The third kappa shape index (κ3) is 7.07. The molecule has 0 fully saturated rings. The van der Waals surface area contributed by atoms with E-state index >= 15 is 0 Å². The van der Waals surface area contributed by atoms with E-state index < -0.39 is 5.97 Å². The Bertz CT molecular complexity index is 509. The summed E-state index contributed by atoms with van der Waals surface area (Å²) in [6, 6.07) is 7.60. The molecule has 0 heterocycles. The van der Waals surface area contributed by atoms with Gasteiger partial charge in [-0.1, -0.05) is 51.3 Å². The van der Waals surface area contributed by atoms with Crippen molar-refractivity contribution in [2.24, 2.45) is 0 Å². The van der Waals surface area contributed by atoms with E-state index in [9.17, 15) is 9.59 Å². The molecule has 0 bridgehead atoms. The lowest BCUT2D eigenvalue weighted by molar-refractivity contribution is -0.138. The molecule has 1 amide bonds. The normalized spacial score (nSPS) is 10.6. The van der Waals surface area contributed by atoms with E-state index in [-0.39, 0.29) is 5.91 Å². The lowest BCUT2D eigenvalue weighted by atomic mass is 10.1. The lowest BCUT2D eigenvalue weighted by Crippen LogP contribution is -2.11. The van der Waals surface area contributed by atoms with Gasteiger partial charge < -0.3 is 10.1 Å². The molecular weight excluding hydrogens is 278 g/mol. The minimum Gasteiger partial charge on any atom is -0.463 e. The molecule has 0 aromatic heterocycles. The smallest absolute Gasteiger partial charge is 0.330 e. The van der Waals surface area contributed by atoms with Crippen LogP contribution in [0.15, 0.2) is 36.4 Å². The van der Waals surface area contributed by atoms with Crippen molar-refractivity contribution in [1.82, 2.24) is 0 Å². The first-order chi connectivity index (χ1) is 10.7. The van der Waals surface area contributed by atoms with Crippen LogP contribution in [-0.4, -0.2) is 18.5 Å². The maximum atomic E-state index is 11.8. The van der Waals surface area contributed by atoms with Crippen molar-refractivity contribution in [3.63, 3.8) is 0 Å². The minimum atomic E-state index is -0.476. The molecule has 22 heavy (non-hydrogen) atoms. The van der Waals surface area contributed by atoms with Gasteiger partial charge in [-0.15, -0.1) is 0 Å². The third-order valence-electron chi connectivity index (χ3n) is 3.27. The Hall–Kier alpha value is -2.10. The van der Waals surface area contributed by atoms with Crippen LogP contribution in [0.3, 0.4) is 0 Å². The van der Waals surface area contributed by atoms with Crippen molar-refractivity contribution < 1.29 is 14.3 Å². The highest BCUT2D eigenvalue weighted by Gasteiger charge is 2.03. The number of amides is 1. The molecule has 1 N–H and O–H groups in total. The largest absolute Gasteiger partial charge is 0.463 e. The minimum absolute atomic E-state index is 0.330. The Balaban J connectivity index is 2.36. The Labute approximate surface area is 132 Å². The maximum Gasteiger partial charge on any atom is 0.330 e. The van der Waals surface area contributed by atoms with E-state index in [1.165, 1.54) is 12.2 Å². The van der Waals surface area contributed by atoms with E-state index in [0.29, 0.717) is 6.61 Å². The van der Waals surface area contributed by atoms with Gasteiger partial charge in [-0.2, -0.15) is 0 Å². The van der Waals surface area contributed by atoms with Gasteiger partial charge in [-0.3, -0.25) is 4.79 Å². The molecule has 4 heteroatoms. The van der Waals surface area contributed by atoms with Gasteiger partial charge in [0.25, 0.3) is 0 Å². The molecule has 0 aliphatic carbocycles. The topological polar surface area (TPSA) is 55.4 Å². The van der Waals surface area contributed by atoms with Crippen LogP contribution in [0.5, 0.6) is 0 Å². The number of para-hydroxylation sites is 1. The van der Waals surface area contributed by atoms with E-state index in [4.69, 9.17) is 4.74 Å². The number of carbonyl (C=O) groups excluding carboxylic acids is 2. The SMILES string of the molecule is CCCCCCOC(=O)/C=C/C(=O)Nc1ccccc1CC. The van der Waals surface area contributed by atoms with E-state index in [1.54, 1.807) is 0 Å². The second-order valence-corrected chi connectivity index (χ2v) is 5.06. The molecule has 1 rings (SSSR count). The predicted octanol–water partition coefficient (Wildman–Crippen LogP) is 3.87. The van der Waals surface area contributed by atoms with Gasteiger partial charge in [0.05, 0.1) is 6.61 Å². The molecule has 120 valence electrons. The number of rotatable bonds is 9. The molecule has 0 unspecified atom stereocenters. The van der Waals surface area contributed by atoms with Gasteiger partial charge in [0, 0.05) is 17.8 Å². The molecule has 1 aromatic carbocycles. The molecule has 4 nitrogen and oxygen atoms in total. The summed E-state index contributed by atoms with van der Waals surface area (Å²) in [6.45, 7) is 4.56. The Morgan fingerprint density at radius 1 is 1.09 bits per heavy atom. The van der Waals surface area contributed by atoms with Crippen molar-refractivity contribution in [3.8, 4) is 0 Å². The Kier molecular flexibility index (Phi) is 8.65. The lowest BCUT2D eigenvalue weighted by Gasteiger charge is -2.07. The summed E-state index contributed by atoms with van der Waals surface area (Å²) in [5.74, 6) is -0.806. The highest BCUT2D eigenvalue weighted by Crippen LogP contribution is 2.15.